The average molecular weight is 366 g/mol. The fourth-order valence-electron chi connectivity index (χ4n) is 2.21. The molecule has 9 heteroatoms. The number of rotatable bonds is 4. The van der Waals surface area contributed by atoms with Crippen LogP contribution in [0.2, 0.25) is 0 Å². The molecule has 3 rings (SSSR count). The van der Waals surface area contributed by atoms with E-state index in [0.717, 1.165) is 11.3 Å². The van der Waals surface area contributed by atoms with Crippen LogP contribution in [0.25, 0.3) is 10.2 Å². The minimum Gasteiger partial charge on any atom is -0.300 e. The summed E-state index contributed by atoms with van der Waals surface area (Å²) in [4.78, 5) is 16.4. The molecule has 1 amide bonds. The van der Waals surface area contributed by atoms with Crippen LogP contribution < -0.4 is 5.32 Å². The molecule has 124 valence electrons. The average Bonchev–Trinajstić information content (AvgIpc) is 2.88. The van der Waals surface area contributed by atoms with Crippen LogP contribution in [0.5, 0.6) is 0 Å². The second-order valence-corrected chi connectivity index (χ2v) is 7.46. The van der Waals surface area contributed by atoms with Crippen molar-refractivity contribution in [2.75, 3.05) is 5.32 Å². The first-order valence-corrected chi connectivity index (χ1v) is 9.05. The number of thiazole rings is 1. The maximum Gasteiger partial charge on any atom is 0.281 e. The molecule has 1 unspecified atom stereocenters. The molecule has 2 N–H and O–H groups in total. The standard InChI is InChI=1S/C15H11FN2O4S2/c16-10-6-7-11-12(8-10)23-15(17-11)18-14(19)13(24(20,21)22)9-4-2-1-3-5-9/h1-8,13H,(H,17,18,19)(H,20,21,22). The second kappa shape index (κ2) is 6.27. The van der Waals surface area contributed by atoms with Gasteiger partial charge in [0.1, 0.15) is 5.82 Å². The van der Waals surface area contributed by atoms with Crippen LogP contribution in [-0.2, 0) is 14.9 Å². The monoisotopic (exact) mass is 366 g/mol. The molecule has 0 aliphatic carbocycles. The number of halogens is 1. The summed E-state index contributed by atoms with van der Waals surface area (Å²) in [5.41, 5.74) is 0.601. The summed E-state index contributed by atoms with van der Waals surface area (Å²) in [6.45, 7) is 0. The first-order chi connectivity index (χ1) is 11.3. The van der Waals surface area contributed by atoms with Gasteiger partial charge in [-0.25, -0.2) is 9.37 Å². The van der Waals surface area contributed by atoms with Gasteiger partial charge < -0.3 is 5.32 Å². The number of fused-ring (bicyclic) bond motifs is 1. The highest BCUT2D eigenvalue weighted by molar-refractivity contribution is 7.86. The molecular formula is C15H11FN2O4S2. The molecule has 0 radical (unpaired) electrons. The highest BCUT2D eigenvalue weighted by Gasteiger charge is 2.33. The number of carbonyl (C=O) groups is 1. The Labute approximate surface area is 140 Å². The summed E-state index contributed by atoms with van der Waals surface area (Å²) in [5.74, 6) is -1.38. The smallest absolute Gasteiger partial charge is 0.281 e. The van der Waals surface area contributed by atoms with E-state index < -0.39 is 27.1 Å². The van der Waals surface area contributed by atoms with Crippen molar-refractivity contribution in [3.63, 3.8) is 0 Å². The first kappa shape index (κ1) is 16.5. The Morgan fingerprint density at radius 3 is 2.58 bits per heavy atom. The number of nitrogens with zero attached hydrogens (tertiary/aromatic N) is 1. The molecule has 0 saturated carbocycles. The summed E-state index contributed by atoms with van der Waals surface area (Å²) in [6, 6.07) is 11.6. The molecule has 1 aromatic heterocycles. The molecule has 0 saturated heterocycles. The SMILES string of the molecule is O=C(Nc1nc2ccc(F)cc2s1)C(c1ccccc1)S(=O)(=O)O. The number of benzene rings is 2. The third-order valence-corrected chi connectivity index (χ3v) is 5.23. The molecule has 0 spiro atoms. The van der Waals surface area contributed by atoms with Gasteiger partial charge in [0.2, 0.25) is 0 Å². The van der Waals surface area contributed by atoms with Gasteiger partial charge in [-0.15, -0.1) is 0 Å². The predicted molar refractivity (Wildman–Crippen MR) is 88.9 cm³/mol. The molecule has 0 fully saturated rings. The van der Waals surface area contributed by atoms with Gasteiger partial charge in [0, 0.05) is 0 Å². The number of nitrogens with one attached hydrogen (secondary N) is 1. The van der Waals surface area contributed by atoms with E-state index in [1.165, 1.54) is 30.3 Å². The minimum absolute atomic E-state index is 0.116. The molecular weight excluding hydrogens is 355 g/mol. The summed E-state index contributed by atoms with van der Waals surface area (Å²) in [5, 5.41) is 0.703. The summed E-state index contributed by atoms with van der Waals surface area (Å²) in [6.07, 6.45) is 0. The van der Waals surface area contributed by atoms with E-state index in [1.54, 1.807) is 18.2 Å². The molecule has 1 atom stereocenters. The lowest BCUT2D eigenvalue weighted by molar-refractivity contribution is -0.116. The molecule has 24 heavy (non-hydrogen) atoms. The van der Waals surface area contributed by atoms with Gasteiger partial charge in [-0.2, -0.15) is 8.42 Å². The van der Waals surface area contributed by atoms with Gasteiger partial charge >= 0.3 is 0 Å². The number of carbonyl (C=O) groups excluding carboxylic acids is 1. The van der Waals surface area contributed by atoms with Crippen LogP contribution in [0.1, 0.15) is 10.8 Å². The van der Waals surface area contributed by atoms with E-state index in [1.807, 2.05) is 0 Å². The van der Waals surface area contributed by atoms with Crippen molar-refractivity contribution >= 4 is 42.7 Å². The van der Waals surface area contributed by atoms with E-state index in [9.17, 15) is 22.2 Å². The Hall–Kier alpha value is -2.36. The highest BCUT2D eigenvalue weighted by atomic mass is 32.2. The van der Waals surface area contributed by atoms with Gasteiger partial charge in [0.25, 0.3) is 16.0 Å². The lowest BCUT2D eigenvalue weighted by Crippen LogP contribution is -2.27. The van der Waals surface area contributed by atoms with Crippen molar-refractivity contribution in [2.45, 2.75) is 5.25 Å². The van der Waals surface area contributed by atoms with Crippen molar-refractivity contribution in [1.29, 1.82) is 0 Å². The van der Waals surface area contributed by atoms with Crippen LogP contribution in [0.15, 0.2) is 48.5 Å². The maximum absolute atomic E-state index is 13.2. The van der Waals surface area contributed by atoms with E-state index in [4.69, 9.17) is 0 Å². The van der Waals surface area contributed by atoms with Crippen LogP contribution >= 0.6 is 11.3 Å². The highest BCUT2D eigenvalue weighted by Crippen LogP contribution is 2.29. The zero-order valence-electron chi connectivity index (χ0n) is 12.0. The van der Waals surface area contributed by atoms with E-state index in [-0.39, 0.29) is 10.7 Å². The van der Waals surface area contributed by atoms with Crippen molar-refractivity contribution in [3.8, 4) is 0 Å². The van der Waals surface area contributed by atoms with Gasteiger partial charge in [0.15, 0.2) is 10.4 Å². The Bertz CT molecular complexity index is 1000. The lowest BCUT2D eigenvalue weighted by atomic mass is 10.1. The molecule has 6 nitrogen and oxygen atoms in total. The van der Waals surface area contributed by atoms with Crippen molar-refractivity contribution in [1.82, 2.24) is 4.98 Å². The molecule has 2 aromatic carbocycles. The molecule has 0 aliphatic rings. The Balaban J connectivity index is 1.93. The largest absolute Gasteiger partial charge is 0.300 e. The van der Waals surface area contributed by atoms with Crippen LogP contribution in [0, 0.1) is 5.82 Å². The van der Waals surface area contributed by atoms with Crippen molar-refractivity contribution in [3.05, 3.63) is 59.9 Å². The number of aromatic nitrogens is 1. The number of amides is 1. The fourth-order valence-corrected chi connectivity index (χ4v) is 3.93. The fraction of sp³-hybridized carbons (Fsp3) is 0.0667. The maximum atomic E-state index is 13.2. The normalized spacial score (nSPS) is 12.9. The Morgan fingerprint density at radius 2 is 1.92 bits per heavy atom. The second-order valence-electron chi connectivity index (χ2n) is 4.93. The van der Waals surface area contributed by atoms with Gasteiger partial charge in [-0.1, -0.05) is 41.7 Å². The van der Waals surface area contributed by atoms with E-state index in [0.29, 0.717) is 10.2 Å². The zero-order valence-corrected chi connectivity index (χ0v) is 13.6. The van der Waals surface area contributed by atoms with E-state index in [2.05, 4.69) is 10.3 Å². The molecule has 3 aromatic rings. The number of anilines is 1. The van der Waals surface area contributed by atoms with Crippen molar-refractivity contribution in [2.24, 2.45) is 0 Å². The zero-order chi connectivity index (χ0) is 17.3. The third-order valence-electron chi connectivity index (χ3n) is 3.22. The molecule has 0 aliphatic heterocycles. The molecule has 1 heterocycles. The molecule has 0 bridgehead atoms. The number of hydrogen-bond acceptors (Lipinski definition) is 5. The van der Waals surface area contributed by atoms with Crippen LogP contribution in [0.4, 0.5) is 9.52 Å². The Morgan fingerprint density at radius 1 is 1.21 bits per heavy atom. The van der Waals surface area contributed by atoms with Crippen LogP contribution in [0.3, 0.4) is 0 Å². The summed E-state index contributed by atoms with van der Waals surface area (Å²) < 4.78 is 46.3. The van der Waals surface area contributed by atoms with Gasteiger partial charge in [-0.3, -0.25) is 9.35 Å². The predicted octanol–water partition coefficient (Wildman–Crippen LogP) is 3.00. The quantitative estimate of drug-likeness (QED) is 0.692. The summed E-state index contributed by atoms with van der Waals surface area (Å²) >= 11 is 1.00. The minimum atomic E-state index is -4.67. The number of hydrogen-bond donors (Lipinski definition) is 2. The third kappa shape index (κ3) is 3.42. The van der Waals surface area contributed by atoms with Crippen LogP contribution in [-0.4, -0.2) is 23.9 Å². The topological polar surface area (TPSA) is 96.4 Å². The van der Waals surface area contributed by atoms with Gasteiger partial charge in [0.05, 0.1) is 10.2 Å². The Kier molecular flexibility index (Phi) is 4.31. The summed E-state index contributed by atoms with van der Waals surface area (Å²) in [7, 11) is -4.67. The van der Waals surface area contributed by atoms with Crippen molar-refractivity contribution < 1.29 is 22.2 Å². The van der Waals surface area contributed by atoms with E-state index >= 15 is 0 Å². The lowest BCUT2D eigenvalue weighted by Gasteiger charge is -2.13. The van der Waals surface area contributed by atoms with Gasteiger partial charge in [-0.05, 0) is 23.8 Å². The first-order valence-electron chi connectivity index (χ1n) is 6.73.